The van der Waals surface area contributed by atoms with E-state index in [4.69, 9.17) is 0 Å². The lowest BCUT2D eigenvalue weighted by atomic mass is 9.84. The quantitative estimate of drug-likeness (QED) is 0.413. The third-order valence-corrected chi connectivity index (χ3v) is 4.69. The lowest BCUT2D eigenvalue weighted by Crippen LogP contribution is -2.01. The first-order valence-corrected chi connectivity index (χ1v) is 8.13. The van der Waals surface area contributed by atoms with Gasteiger partial charge in [-0.1, -0.05) is 91.9 Å². The third kappa shape index (κ3) is 2.41. The van der Waals surface area contributed by atoms with E-state index < -0.39 is 0 Å². The Morgan fingerprint density at radius 3 is 1.48 bits per heavy atom. The Hall–Kier alpha value is -2.60. The normalized spacial score (nSPS) is 11.4. The zero-order chi connectivity index (χ0) is 15.6. The highest BCUT2D eigenvalue weighted by Gasteiger charge is 2.16. The summed E-state index contributed by atoms with van der Waals surface area (Å²) >= 11 is 0. The molecule has 4 rings (SSSR count). The van der Waals surface area contributed by atoms with Crippen LogP contribution in [0.2, 0.25) is 0 Å². The van der Waals surface area contributed by atoms with Gasteiger partial charge in [0, 0.05) is 5.92 Å². The van der Waals surface area contributed by atoms with Crippen LogP contribution in [0.1, 0.15) is 23.5 Å². The third-order valence-electron chi connectivity index (χ3n) is 4.69. The first-order valence-electron chi connectivity index (χ1n) is 8.13. The molecule has 4 aromatic rings. The summed E-state index contributed by atoms with van der Waals surface area (Å²) in [6, 6.07) is 30.4. The van der Waals surface area contributed by atoms with Crippen LogP contribution in [0.5, 0.6) is 0 Å². The van der Waals surface area contributed by atoms with Crippen LogP contribution >= 0.6 is 0 Å². The molecule has 0 aliphatic carbocycles. The van der Waals surface area contributed by atoms with Crippen molar-refractivity contribution >= 4 is 21.5 Å². The van der Waals surface area contributed by atoms with Crippen molar-refractivity contribution < 1.29 is 0 Å². The zero-order valence-electron chi connectivity index (χ0n) is 13.1. The van der Waals surface area contributed by atoms with E-state index in [1.54, 1.807) is 0 Å². The van der Waals surface area contributed by atoms with Gasteiger partial charge in [-0.05, 0) is 39.1 Å². The molecule has 0 bridgehead atoms. The Balaban J connectivity index is 1.97. The van der Waals surface area contributed by atoms with Gasteiger partial charge >= 0.3 is 0 Å². The fraction of sp³-hybridized carbons (Fsp3) is 0.0870. The van der Waals surface area contributed by atoms with E-state index in [1.807, 2.05) is 0 Å². The van der Waals surface area contributed by atoms with Gasteiger partial charge in [0.15, 0.2) is 0 Å². The average Bonchev–Trinajstić information content (AvgIpc) is 2.63. The highest BCUT2D eigenvalue weighted by atomic mass is 14.2. The summed E-state index contributed by atoms with van der Waals surface area (Å²) in [4.78, 5) is 0. The molecule has 0 aromatic heterocycles. The van der Waals surface area contributed by atoms with E-state index in [2.05, 4.69) is 91.9 Å². The van der Waals surface area contributed by atoms with Gasteiger partial charge in [-0.2, -0.15) is 0 Å². The second kappa shape index (κ2) is 5.89. The van der Waals surface area contributed by atoms with Crippen LogP contribution in [-0.2, 0) is 0 Å². The van der Waals surface area contributed by atoms with Crippen LogP contribution in [0.3, 0.4) is 0 Å². The summed E-state index contributed by atoms with van der Waals surface area (Å²) in [5, 5.41) is 5.25. The first kappa shape index (κ1) is 14.0. The fourth-order valence-electron chi connectivity index (χ4n) is 3.59. The Labute approximate surface area is 137 Å². The van der Waals surface area contributed by atoms with E-state index in [0.717, 1.165) is 6.42 Å². The molecule has 0 fully saturated rings. The highest BCUT2D eigenvalue weighted by molar-refractivity contribution is 5.90. The summed E-state index contributed by atoms with van der Waals surface area (Å²) in [7, 11) is 0. The van der Waals surface area contributed by atoms with Crippen molar-refractivity contribution in [2.45, 2.75) is 12.3 Å². The standard InChI is InChI=1S/C23H19/c1-2-19(22-15-7-11-17-9-3-5-13-20(17)22)23-16-8-12-18-10-4-6-14-21(18)23/h3-16,19H,1-2H2. The molecule has 1 radical (unpaired) electrons. The fourth-order valence-corrected chi connectivity index (χ4v) is 3.59. The van der Waals surface area contributed by atoms with Gasteiger partial charge in [-0.25, -0.2) is 0 Å². The van der Waals surface area contributed by atoms with Gasteiger partial charge in [-0.15, -0.1) is 0 Å². The summed E-state index contributed by atoms with van der Waals surface area (Å²) in [5.74, 6) is 0.312. The van der Waals surface area contributed by atoms with Gasteiger partial charge in [0.2, 0.25) is 0 Å². The molecule has 0 aliphatic heterocycles. The van der Waals surface area contributed by atoms with Crippen LogP contribution in [0.25, 0.3) is 21.5 Å². The topological polar surface area (TPSA) is 0 Å². The Kier molecular flexibility index (Phi) is 3.59. The van der Waals surface area contributed by atoms with Crippen molar-refractivity contribution in [2.75, 3.05) is 0 Å². The molecule has 0 aliphatic rings. The number of fused-ring (bicyclic) bond motifs is 2. The molecule has 0 heteroatoms. The number of benzene rings is 4. The summed E-state index contributed by atoms with van der Waals surface area (Å²) < 4.78 is 0. The molecule has 0 unspecified atom stereocenters. The maximum Gasteiger partial charge on any atom is 0.0102 e. The maximum absolute atomic E-state index is 4.25. The molecule has 0 saturated heterocycles. The monoisotopic (exact) mass is 295 g/mol. The predicted molar refractivity (Wildman–Crippen MR) is 99.7 cm³/mol. The minimum Gasteiger partial charge on any atom is -0.0616 e. The lowest BCUT2D eigenvalue weighted by Gasteiger charge is -2.20. The van der Waals surface area contributed by atoms with E-state index in [1.165, 1.54) is 32.7 Å². The maximum atomic E-state index is 4.25. The SMILES string of the molecule is [CH2]CC(c1cccc2ccccc12)c1cccc2ccccc12. The number of hydrogen-bond acceptors (Lipinski definition) is 0. The summed E-state index contributed by atoms with van der Waals surface area (Å²) in [6.07, 6.45) is 0.849. The molecule has 0 nitrogen and oxygen atoms in total. The van der Waals surface area contributed by atoms with Crippen LogP contribution in [0, 0.1) is 6.92 Å². The predicted octanol–water partition coefficient (Wildman–Crippen LogP) is 6.35. The van der Waals surface area contributed by atoms with Crippen molar-refractivity contribution in [1.82, 2.24) is 0 Å². The van der Waals surface area contributed by atoms with Crippen molar-refractivity contribution in [3.63, 3.8) is 0 Å². The van der Waals surface area contributed by atoms with Crippen molar-refractivity contribution in [3.8, 4) is 0 Å². The van der Waals surface area contributed by atoms with Crippen molar-refractivity contribution in [3.05, 3.63) is 103 Å². The molecule has 23 heavy (non-hydrogen) atoms. The lowest BCUT2D eigenvalue weighted by molar-refractivity contribution is 0.843. The molecule has 0 heterocycles. The van der Waals surface area contributed by atoms with Gasteiger partial charge < -0.3 is 0 Å². The van der Waals surface area contributed by atoms with E-state index in [9.17, 15) is 0 Å². The number of hydrogen-bond donors (Lipinski definition) is 0. The van der Waals surface area contributed by atoms with Gasteiger partial charge in [0.1, 0.15) is 0 Å². The van der Waals surface area contributed by atoms with Crippen molar-refractivity contribution in [1.29, 1.82) is 0 Å². The van der Waals surface area contributed by atoms with Crippen LogP contribution in [0.4, 0.5) is 0 Å². The number of rotatable bonds is 3. The molecule has 0 amide bonds. The van der Waals surface area contributed by atoms with E-state index >= 15 is 0 Å². The Morgan fingerprint density at radius 1 is 0.565 bits per heavy atom. The minimum atomic E-state index is 0.312. The average molecular weight is 295 g/mol. The van der Waals surface area contributed by atoms with E-state index in [-0.39, 0.29) is 0 Å². The van der Waals surface area contributed by atoms with E-state index in [0.29, 0.717) is 5.92 Å². The smallest absolute Gasteiger partial charge is 0.0102 e. The second-order valence-corrected chi connectivity index (χ2v) is 5.98. The zero-order valence-corrected chi connectivity index (χ0v) is 13.1. The van der Waals surface area contributed by atoms with Crippen LogP contribution in [0.15, 0.2) is 84.9 Å². The second-order valence-electron chi connectivity index (χ2n) is 5.98. The first-order chi connectivity index (χ1) is 11.4. The summed E-state index contributed by atoms with van der Waals surface area (Å²) in [5.41, 5.74) is 2.74. The molecule has 0 spiro atoms. The largest absolute Gasteiger partial charge is 0.0616 e. The minimum absolute atomic E-state index is 0.312. The van der Waals surface area contributed by atoms with Crippen LogP contribution in [-0.4, -0.2) is 0 Å². The highest BCUT2D eigenvalue weighted by Crippen LogP contribution is 2.36. The summed E-state index contributed by atoms with van der Waals surface area (Å²) in [6.45, 7) is 4.25. The Bertz CT molecular complexity index is 876. The van der Waals surface area contributed by atoms with Gasteiger partial charge in [0.05, 0.1) is 0 Å². The van der Waals surface area contributed by atoms with Gasteiger partial charge in [0.25, 0.3) is 0 Å². The molecule has 0 N–H and O–H groups in total. The molecule has 0 saturated carbocycles. The van der Waals surface area contributed by atoms with Gasteiger partial charge in [-0.3, -0.25) is 0 Å². The molecule has 4 aromatic carbocycles. The molecule has 0 atom stereocenters. The molecular formula is C23H19. The molecular weight excluding hydrogens is 276 g/mol. The van der Waals surface area contributed by atoms with Crippen molar-refractivity contribution in [2.24, 2.45) is 0 Å². The van der Waals surface area contributed by atoms with Crippen LogP contribution < -0.4 is 0 Å². The molecule has 111 valence electrons. The Morgan fingerprint density at radius 2 is 1.00 bits per heavy atom.